The standard InChI is InChI=1S/C14H28N2O/c1-7-9-16(10-8-2)11-13(15)12(3)17-14(4,5)6/h1,12-13H,8-11,15H2,2-6H3/t12-,13-/m1/s1. The fraction of sp³-hybridized carbons (Fsp3) is 0.857. The SMILES string of the molecule is C#CCN(CCC)C[C@@H](N)[C@@H](C)OC(C)(C)C. The zero-order valence-electron chi connectivity index (χ0n) is 12.0. The summed E-state index contributed by atoms with van der Waals surface area (Å²) in [6, 6.07) is -0.00544. The number of hydrogen-bond donors (Lipinski definition) is 1. The van der Waals surface area contributed by atoms with Crippen molar-refractivity contribution < 1.29 is 4.74 Å². The van der Waals surface area contributed by atoms with Crippen molar-refractivity contribution in [2.45, 2.75) is 58.8 Å². The van der Waals surface area contributed by atoms with Gasteiger partial charge in [0.15, 0.2) is 0 Å². The highest BCUT2D eigenvalue weighted by molar-refractivity contribution is 4.89. The topological polar surface area (TPSA) is 38.5 Å². The number of nitrogens with two attached hydrogens (primary N) is 1. The number of hydrogen-bond acceptors (Lipinski definition) is 3. The lowest BCUT2D eigenvalue weighted by atomic mass is 10.1. The molecule has 17 heavy (non-hydrogen) atoms. The summed E-state index contributed by atoms with van der Waals surface area (Å²) >= 11 is 0. The van der Waals surface area contributed by atoms with Gasteiger partial charge in [0.1, 0.15) is 0 Å². The lowest BCUT2D eigenvalue weighted by Crippen LogP contribution is -2.47. The Hall–Kier alpha value is -0.560. The third kappa shape index (κ3) is 8.20. The van der Waals surface area contributed by atoms with Gasteiger partial charge < -0.3 is 10.5 Å². The second-order valence-electron chi connectivity index (χ2n) is 5.54. The Labute approximate surface area is 107 Å². The van der Waals surface area contributed by atoms with E-state index < -0.39 is 0 Å². The molecule has 0 bridgehead atoms. The van der Waals surface area contributed by atoms with Crippen LogP contribution in [0.15, 0.2) is 0 Å². The van der Waals surface area contributed by atoms with Gasteiger partial charge in [-0.15, -0.1) is 6.42 Å². The predicted molar refractivity (Wildman–Crippen MR) is 73.8 cm³/mol. The zero-order valence-corrected chi connectivity index (χ0v) is 12.0. The number of rotatable bonds is 7. The summed E-state index contributed by atoms with van der Waals surface area (Å²) in [5.41, 5.74) is 6.00. The highest BCUT2D eigenvalue weighted by atomic mass is 16.5. The summed E-state index contributed by atoms with van der Waals surface area (Å²) in [5, 5.41) is 0. The van der Waals surface area contributed by atoms with E-state index in [0.29, 0.717) is 6.54 Å². The van der Waals surface area contributed by atoms with Crippen LogP contribution in [0.5, 0.6) is 0 Å². The Morgan fingerprint density at radius 1 is 1.41 bits per heavy atom. The van der Waals surface area contributed by atoms with Crippen molar-refractivity contribution in [3.05, 3.63) is 0 Å². The molecule has 0 saturated heterocycles. The highest BCUT2D eigenvalue weighted by Crippen LogP contribution is 2.12. The van der Waals surface area contributed by atoms with E-state index in [1.54, 1.807) is 0 Å². The van der Waals surface area contributed by atoms with E-state index in [0.717, 1.165) is 19.5 Å². The molecule has 0 aliphatic rings. The molecule has 0 heterocycles. The van der Waals surface area contributed by atoms with Gasteiger partial charge in [0.2, 0.25) is 0 Å². The van der Waals surface area contributed by atoms with E-state index >= 15 is 0 Å². The minimum atomic E-state index is -0.154. The van der Waals surface area contributed by atoms with Crippen LogP contribution in [-0.2, 0) is 4.74 Å². The van der Waals surface area contributed by atoms with Crippen molar-refractivity contribution in [2.24, 2.45) is 5.73 Å². The Morgan fingerprint density at radius 3 is 2.41 bits per heavy atom. The maximum atomic E-state index is 6.15. The molecule has 3 heteroatoms. The van der Waals surface area contributed by atoms with E-state index in [1.807, 2.05) is 27.7 Å². The Bertz CT molecular complexity index is 240. The van der Waals surface area contributed by atoms with Gasteiger partial charge >= 0.3 is 0 Å². The van der Waals surface area contributed by atoms with Gasteiger partial charge in [-0.05, 0) is 40.7 Å². The molecule has 2 N–H and O–H groups in total. The maximum Gasteiger partial charge on any atom is 0.0717 e. The second-order valence-corrected chi connectivity index (χ2v) is 5.54. The largest absolute Gasteiger partial charge is 0.371 e. The summed E-state index contributed by atoms with van der Waals surface area (Å²) in [6.45, 7) is 12.7. The summed E-state index contributed by atoms with van der Waals surface area (Å²) in [4.78, 5) is 2.20. The van der Waals surface area contributed by atoms with Crippen LogP contribution in [0, 0.1) is 12.3 Å². The smallest absolute Gasteiger partial charge is 0.0717 e. The van der Waals surface area contributed by atoms with Gasteiger partial charge in [-0.1, -0.05) is 12.8 Å². The molecule has 3 nitrogen and oxygen atoms in total. The normalized spacial score (nSPS) is 15.6. The van der Waals surface area contributed by atoms with Crippen LogP contribution in [0.3, 0.4) is 0 Å². The molecule has 0 aromatic carbocycles. The molecule has 100 valence electrons. The van der Waals surface area contributed by atoms with Gasteiger partial charge in [-0.3, -0.25) is 4.90 Å². The summed E-state index contributed by atoms with van der Waals surface area (Å²) in [5.74, 6) is 2.67. The van der Waals surface area contributed by atoms with Gasteiger partial charge in [0.25, 0.3) is 0 Å². The molecule has 0 rings (SSSR count). The molecule has 0 fully saturated rings. The van der Waals surface area contributed by atoms with Crippen LogP contribution in [0.25, 0.3) is 0 Å². The summed E-state index contributed by atoms with van der Waals surface area (Å²) in [7, 11) is 0. The van der Waals surface area contributed by atoms with Crippen LogP contribution in [0.4, 0.5) is 0 Å². The third-order valence-electron chi connectivity index (χ3n) is 2.47. The second kappa shape index (κ2) is 7.71. The minimum Gasteiger partial charge on any atom is -0.371 e. The fourth-order valence-corrected chi connectivity index (χ4v) is 1.77. The first kappa shape index (κ1) is 16.4. The fourth-order valence-electron chi connectivity index (χ4n) is 1.77. The first-order valence-corrected chi connectivity index (χ1v) is 6.39. The van der Waals surface area contributed by atoms with Gasteiger partial charge in [-0.2, -0.15) is 0 Å². The quantitative estimate of drug-likeness (QED) is 0.690. The van der Waals surface area contributed by atoms with Crippen LogP contribution < -0.4 is 5.73 Å². The van der Waals surface area contributed by atoms with Crippen LogP contribution in [0.2, 0.25) is 0 Å². The van der Waals surface area contributed by atoms with Gasteiger partial charge in [0, 0.05) is 12.6 Å². The molecule has 0 aromatic heterocycles. The molecule has 0 aliphatic carbocycles. The molecule has 0 amide bonds. The molecule has 0 radical (unpaired) electrons. The van der Waals surface area contributed by atoms with E-state index in [-0.39, 0.29) is 17.7 Å². The maximum absolute atomic E-state index is 6.15. The lowest BCUT2D eigenvalue weighted by molar-refractivity contribution is -0.0642. The first-order valence-electron chi connectivity index (χ1n) is 6.39. The Morgan fingerprint density at radius 2 is 2.00 bits per heavy atom. The highest BCUT2D eigenvalue weighted by Gasteiger charge is 2.21. The third-order valence-corrected chi connectivity index (χ3v) is 2.47. The monoisotopic (exact) mass is 240 g/mol. The van der Waals surface area contributed by atoms with E-state index in [1.165, 1.54) is 0 Å². The van der Waals surface area contributed by atoms with Crippen LogP contribution >= 0.6 is 0 Å². The van der Waals surface area contributed by atoms with E-state index in [9.17, 15) is 0 Å². The lowest BCUT2D eigenvalue weighted by Gasteiger charge is -2.31. The Balaban J connectivity index is 4.20. The van der Waals surface area contributed by atoms with Crippen LogP contribution in [-0.4, -0.2) is 42.3 Å². The molecular formula is C14H28N2O. The molecule has 0 saturated carbocycles. The van der Waals surface area contributed by atoms with Crippen molar-refractivity contribution in [1.29, 1.82) is 0 Å². The molecule has 0 unspecified atom stereocenters. The molecular weight excluding hydrogens is 212 g/mol. The number of ether oxygens (including phenoxy) is 1. The van der Waals surface area contributed by atoms with Crippen molar-refractivity contribution in [2.75, 3.05) is 19.6 Å². The average Bonchev–Trinajstić information content (AvgIpc) is 2.15. The number of nitrogens with zero attached hydrogens (tertiary/aromatic N) is 1. The number of terminal acetylenes is 1. The molecule has 2 atom stereocenters. The van der Waals surface area contributed by atoms with Crippen LogP contribution in [0.1, 0.15) is 41.0 Å². The Kier molecular flexibility index (Phi) is 7.45. The molecule has 0 spiro atoms. The van der Waals surface area contributed by atoms with E-state index in [2.05, 4.69) is 17.7 Å². The molecule has 0 aromatic rings. The first-order chi connectivity index (χ1) is 7.80. The van der Waals surface area contributed by atoms with Gasteiger partial charge in [-0.25, -0.2) is 0 Å². The molecule has 0 aliphatic heterocycles. The zero-order chi connectivity index (χ0) is 13.5. The summed E-state index contributed by atoms with van der Waals surface area (Å²) < 4.78 is 5.85. The minimum absolute atomic E-state index is 0.00544. The van der Waals surface area contributed by atoms with Gasteiger partial charge in [0.05, 0.1) is 18.2 Å². The van der Waals surface area contributed by atoms with Crippen molar-refractivity contribution in [3.8, 4) is 12.3 Å². The van der Waals surface area contributed by atoms with Crippen molar-refractivity contribution >= 4 is 0 Å². The predicted octanol–water partition coefficient (Wildman–Crippen LogP) is 1.86. The summed E-state index contributed by atoms with van der Waals surface area (Å²) in [6.07, 6.45) is 6.47. The van der Waals surface area contributed by atoms with E-state index in [4.69, 9.17) is 16.9 Å². The van der Waals surface area contributed by atoms with Crippen molar-refractivity contribution in [1.82, 2.24) is 4.90 Å². The van der Waals surface area contributed by atoms with Crippen molar-refractivity contribution in [3.63, 3.8) is 0 Å². The average molecular weight is 240 g/mol.